The minimum absolute atomic E-state index is 0.330. The van der Waals surface area contributed by atoms with E-state index in [1.54, 1.807) is 0 Å². The van der Waals surface area contributed by atoms with Crippen LogP contribution in [0.3, 0.4) is 0 Å². The molecular weight excluding hydrogens is 248 g/mol. The Morgan fingerprint density at radius 2 is 2.00 bits per heavy atom. The number of benzene rings is 1. The molecule has 0 saturated carbocycles. The quantitative estimate of drug-likeness (QED) is 0.920. The fraction of sp³-hybridized carbons (Fsp3) is 0.231. The molecule has 1 aromatic heterocycles. The van der Waals surface area contributed by atoms with Crippen LogP contribution in [0.15, 0.2) is 30.5 Å². The molecule has 2 heterocycles. The monoisotopic (exact) mass is 260 g/mol. The summed E-state index contributed by atoms with van der Waals surface area (Å²) in [5.74, 6) is -0.893. The Labute approximate surface area is 109 Å². The van der Waals surface area contributed by atoms with E-state index in [-0.39, 0.29) is 0 Å². The first kappa shape index (κ1) is 11.4. The highest BCUT2D eigenvalue weighted by atomic mass is 32.1. The Kier molecular flexibility index (Phi) is 2.85. The number of hydrogen-bond acceptors (Lipinski definition) is 4. The maximum Gasteiger partial charge on any atom is 0.338 e. The van der Waals surface area contributed by atoms with Crippen LogP contribution in [0, 0.1) is 0 Å². The molecule has 0 radical (unpaired) electrons. The third-order valence-electron chi connectivity index (χ3n) is 3.15. The van der Waals surface area contributed by atoms with Gasteiger partial charge in [-0.2, -0.15) is 4.37 Å². The smallest absolute Gasteiger partial charge is 0.338 e. The van der Waals surface area contributed by atoms with Crippen molar-refractivity contribution in [2.45, 2.75) is 19.6 Å². The first-order chi connectivity index (χ1) is 8.74. The Morgan fingerprint density at radius 1 is 1.33 bits per heavy atom. The summed E-state index contributed by atoms with van der Waals surface area (Å²) in [7, 11) is 0. The van der Waals surface area contributed by atoms with Gasteiger partial charge in [-0.25, -0.2) is 4.79 Å². The Hall–Kier alpha value is -1.72. The summed E-state index contributed by atoms with van der Waals surface area (Å²) in [4.78, 5) is 14.1. The predicted molar refractivity (Wildman–Crippen MR) is 68.5 cm³/mol. The fourth-order valence-corrected chi connectivity index (χ4v) is 3.03. The third kappa shape index (κ3) is 2.02. The van der Waals surface area contributed by atoms with Crippen LogP contribution >= 0.6 is 11.5 Å². The highest BCUT2D eigenvalue weighted by molar-refractivity contribution is 7.06. The van der Waals surface area contributed by atoms with Gasteiger partial charge in [-0.15, -0.1) is 0 Å². The predicted octanol–water partition coefficient (Wildman–Crippen LogP) is 2.36. The van der Waals surface area contributed by atoms with Crippen LogP contribution in [0.1, 0.15) is 26.4 Å². The molecule has 4 nitrogen and oxygen atoms in total. The van der Waals surface area contributed by atoms with E-state index >= 15 is 0 Å². The van der Waals surface area contributed by atoms with E-state index < -0.39 is 5.97 Å². The standard InChI is InChI=1S/C13H12N2O2S/c16-13(17)11-5-14-18-12(11)8-15-6-9-3-1-2-4-10(9)7-15/h1-5H,6-8H2,(H,16,17). The number of nitrogens with zero attached hydrogens (tertiary/aromatic N) is 2. The Balaban J connectivity index is 1.76. The van der Waals surface area contributed by atoms with Gasteiger partial charge in [0.2, 0.25) is 0 Å². The van der Waals surface area contributed by atoms with Gasteiger partial charge in [0.25, 0.3) is 0 Å². The van der Waals surface area contributed by atoms with Crippen LogP contribution in [0.4, 0.5) is 0 Å². The molecule has 5 heteroatoms. The van der Waals surface area contributed by atoms with Crippen LogP contribution in [0.5, 0.6) is 0 Å². The van der Waals surface area contributed by atoms with Gasteiger partial charge in [0.1, 0.15) is 0 Å². The normalized spacial score (nSPS) is 14.7. The number of carboxylic acids is 1. The molecule has 0 unspecified atom stereocenters. The largest absolute Gasteiger partial charge is 0.478 e. The van der Waals surface area contributed by atoms with Crippen LogP contribution in [-0.4, -0.2) is 20.3 Å². The molecule has 0 aliphatic carbocycles. The van der Waals surface area contributed by atoms with Gasteiger partial charge in [0.15, 0.2) is 0 Å². The summed E-state index contributed by atoms with van der Waals surface area (Å²) in [6, 6.07) is 8.33. The molecule has 0 amide bonds. The van der Waals surface area contributed by atoms with Crippen LogP contribution in [-0.2, 0) is 19.6 Å². The van der Waals surface area contributed by atoms with Crippen LogP contribution in [0.25, 0.3) is 0 Å². The average Bonchev–Trinajstić information content (AvgIpc) is 2.94. The number of rotatable bonds is 3. The van der Waals surface area contributed by atoms with Crippen molar-refractivity contribution in [2.75, 3.05) is 0 Å². The number of fused-ring (bicyclic) bond motifs is 1. The van der Waals surface area contributed by atoms with Gasteiger partial charge < -0.3 is 5.11 Å². The van der Waals surface area contributed by atoms with Crippen molar-refractivity contribution in [3.05, 3.63) is 52.0 Å². The number of carbonyl (C=O) groups is 1. The molecule has 92 valence electrons. The van der Waals surface area contributed by atoms with E-state index in [0.29, 0.717) is 12.1 Å². The van der Waals surface area contributed by atoms with Crippen LogP contribution in [0.2, 0.25) is 0 Å². The highest BCUT2D eigenvalue weighted by Crippen LogP contribution is 2.25. The lowest BCUT2D eigenvalue weighted by Gasteiger charge is -2.13. The van der Waals surface area contributed by atoms with Gasteiger partial charge in [-0.1, -0.05) is 24.3 Å². The maximum absolute atomic E-state index is 11.0. The van der Waals surface area contributed by atoms with Gasteiger partial charge in [0, 0.05) is 19.6 Å². The average molecular weight is 260 g/mol. The van der Waals surface area contributed by atoms with E-state index in [0.717, 1.165) is 18.0 Å². The molecule has 0 saturated heterocycles. The summed E-state index contributed by atoms with van der Waals surface area (Å²) >= 11 is 1.27. The Morgan fingerprint density at radius 3 is 2.61 bits per heavy atom. The summed E-state index contributed by atoms with van der Waals surface area (Å²) in [6.07, 6.45) is 1.44. The van der Waals surface area contributed by atoms with E-state index in [9.17, 15) is 4.79 Å². The zero-order valence-electron chi connectivity index (χ0n) is 9.67. The van der Waals surface area contributed by atoms with Crippen molar-refractivity contribution >= 4 is 17.5 Å². The topological polar surface area (TPSA) is 53.4 Å². The lowest BCUT2D eigenvalue weighted by Crippen LogP contribution is -2.16. The molecule has 1 aliphatic heterocycles. The van der Waals surface area contributed by atoms with Crippen molar-refractivity contribution in [2.24, 2.45) is 0 Å². The third-order valence-corrected chi connectivity index (χ3v) is 3.93. The molecule has 0 spiro atoms. The van der Waals surface area contributed by atoms with E-state index in [2.05, 4.69) is 21.4 Å². The molecular formula is C13H12N2O2S. The first-order valence-corrected chi connectivity index (χ1v) is 6.47. The minimum Gasteiger partial charge on any atom is -0.478 e. The number of carboxylic acid groups (broad SMARTS) is 1. The summed E-state index contributed by atoms with van der Waals surface area (Å²) in [6.45, 7) is 2.42. The molecule has 1 N–H and O–H groups in total. The molecule has 3 rings (SSSR count). The zero-order valence-corrected chi connectivity index (χ0v) is 10.5. The molecule has 0 fully saturated rings. The van der Waals surface area contributed by atoms with E-state index in [1.165, 1.54) is 28.9 Å². The minimum atomic E-state index is -0.893. The van der Waals surface area contributed by atoms with Crippen LogP contribution < -0.4 is 0 Å². The molecule has 2 aromatic rings. The summed E-state index contributed by atoms with van der Waals surface area (Å²) in [5, 5.41) is 9.05. The maximum atomic E-state index is 11.0. The van der Waals surface area contributed by atoms with Crippen molar-refractivity contribution in [1.82, 2.24) is 9.27 Å². The van der Waals surface area contributed by atoms with Gasteiger partial charge >= 0.3 is 5.97 Å². The number of aromatic carboxylic acids is 1. The van der Waals surface area contributed by atoms with Gasteiger partial charge in [0.05, 0.1) is 16.6 Å². The highest BCUT2D eigenvalue weighted by Gasteiger charge is 2.21. The van der Waals surface area contributed by atoms with Crippen molar-refractivity contribution in [3.8, 4) is 0 Å². The summed E-state index contributed by atoms with van der Waals surface area (Å²) < 4.78 is 3.97. The van der Waals surface area contributed by atoms with Gasteiger partial charge in [-0.05, 0) is 22.7 Å². The fourth-order valence-electron chi connectivity index (χ4n) is 2.27. The SMILES string of the molecule is O=C(O)c1cnsc1CN1Cc2ccccc2C1. The molecule has 0 atom stereocenters. The second kappa shape index (κ2) is 4.51. The Bertz CT molecular complexity index is 569. The van der Waals surface area contributed by atoms with E-state index in [4.69, 9.17) is 5.11 Å². The molecule has 1 aliphatic rings. The lowest BCUT2D eigenvalue weighted by molar-refractivity contribution is 0.0695. The lowest BCUT2D eigenvalue weighted by atomic mass is 10.1. The number of aromatic nitrogens is 1. The number of hydrogen-bond donors (Lipinski definition) is 1. The second-order valence-corrected chi connectivity index (χ2v) is 5.27. The second-order valence-electron chi connectivity index (χ2n) is 4.38. The molecule has 0 bridgehead atoms. The zero-order chi connectivity index (χ0) is 12.5. The molecule has 18 heavy (non-hydrogen) atoms. The van der Waals surface area contributed by atoms with Gasteiger partial charge in [-0.3, -0.25) is 4.90 Å². The molecule has 1 aromatic carbocycles. The van der Waals surface area contributed by atoms with Crippen molar-refractivity contribution in [3.63, 3.8) is 0 Å². The van der Waals surface area contributed by atoms with Crippen molar-refractivity contribution in [1.29, 1.82) is 0 Å². The first-order valence-electron chi connectivity index (χ1n) is 5.70. The van der Waals surface area contributed by atoms with Crippen molar-refractivity contribution < 1.29 is 9.90 Å². The summed E-state index contributed by atoms with van der Waals surface area (Å²) in [5.41, 5.74) is 2.99. The van der Waals surface area contributed by atoms with E-state index in [1.807, 2.05) is 12.1 Å².